The fraction of sp³-hybridized carbons (Fsp3) is 0.688. The molecule has 4 fully saturated rings. The maximum absolute atomic E-state index is 13.4. The highest BCUT2D eigenvalue weighted by Gasteiger charge is 2.81. The Balaban J connectivity index is 1.37. The largest absolute Gasteiger partial charge is 0.461 e. The van der Waals surface area contributed by atoms with Crippen LogP contribution in [0.1, 0.15) is 65.4 Å². The molecule has 0 aliphatic heterocycles. The maximum Gasteiger partial charge on any atom is 0.316 e. The van der Waals surface area contributed by atoms with Crippen LogP contribution in [0.2, 0.25) is 0 Å². The summed E-state index contributed by atoms with van der Waals surface area (Å²) in [4.78, 5) is 27.7. The number of rotatable bonds is 9. The van der Waals surface area contributed by atoms with Crippen molar-refractivity contribution in [3.63, 3.8) is 0 Å². The number of Topliss-reactive ketones (excluding diaryl/α,β-unsaturated/α-hetero) is 1. The molecule has 40 heavy (non-hydrogen) atoms. The van der Waals surface area contributed by atoms with Crippen LogP contribution < -0.4 is 5.32 Å². The zero-order chi connectivity index (χ0) is 29.1. The molecule has 0 heterocycles. The highest BCUT2D eigenvalue weighted by Crippen LogP contribution is 2.82. The van der Waals surface area contributed by atoms with E-state index in [1.165, 1.54) is 11.8 Å². The number of alkyl halides is 2. The molecule has 4 aliphatic carbocycles. The van der Waals surface area contributed by atoms with E-state index in [9.17, 15) is 23.5 Å². The van der Waals surface area contributed by atoms with Gasteiger partial charge in [-0.3, -0.25) is 9.59 Å². The summed E-state index contributed by atoms with van der Waals surface area (Å²) in [6.45, 7) is 12.7. The van der Waals surface area contributed by atoms with Gasteiger partial charge in [0.05, 0.1) is 18.4 Å². The van der Waals surface area contributed by atoms with Crippen molar-refractivity contribution in [3.05, 3.63) is 42.5 Å². The Bertz CT molecular complexity index is 1180. The minimum absolute atomic E-state index is 0.0148. The molecule has 0 radical (unpaired) electrons. The first-order valence-corrected chi connectivity index (χ1v) is 15.6. The molecule has 4 saturated carbocycles. The van der Waals surface area contributed by atoms with Gasteiger partial charge in [-0.1, -0.05) is 45.9 Å². The van der Waals surface area contributed by atoms with Crippen molar-refractivity contribution in [2.24, 2.45) is 39.4 Å². The molecule has 5 rings (SSSR count). The predicted octanol–water partition coefficient (Wildman–Crippen LogP) is 6.04. The average Bonchev–Trinajstić information content (AvgIpc) is 3.10. The number of esters is 1. The Hall–Kier alpha value is -1.77. The monoisotopic (exact) mass is 575 g/mol. The van der Waals surface area contributed by atoms with E-state index in [-0.39, 0.29) is 52.3 Å². The van der Waals surface area contributed by atoms with Crippen LogP contribution in [0.4, 0.5) is 8.78 Å². The van der Waals surface area contributed by atoms with E-state index in [4.69, 9.17) is 4.74 Å². The third kappa shape index (κ3) is 4.48. The van der Waals surface area contributed by atoms with E-state index in [2.05, 4.69) is 32.7 Å². The molecule has 220 valence electrons. The van der Waals surface area contributed by atoms with E-state index in [1.54, 1.807) is 0 Å². The highest BCUT2D eigenvalue weighted by molar-refractivity contribution is 8.00. The molecule has 0 amide bonds. The first kappa shape index (κ1) is 29.7. The smallest absolute Gasteiger partial charge is 0.316 e. The standard InChI is InChI=1S/C32H43F2NO4S/c1-6-29(4)14-24(39-26(37)17-40-22-9-7-8-21(12-22)15-35-16-25(33)34)30(5)19(2)13-32-18-31(28(30)32,11-10-23(32)36)20(3)27(29)38/h6-9,12,19-20,24-25,27-28,35,38H,1,10-11,13-18H2,2-5H3/t19?,20-,24+,27-,28?,29+,30-,31?,32?/m0/s1. The minimum Gasteiger partial charge on any atom is -0.461 e. The number of nitrogens with one attached hydrogen (secondary N) is 1. The van der Waals surface area contributed by atoms with Gasteiger partial charge in [-0.25, -0.2) is 8.78 Å². The Morgan fingerprint density at radius 2 is 2.05 bits per heavy atom. The Morgan fingerprint density at radius 3 is 2.75 bits per heavy atom. The third-order valence-corrected chi connectivity index (χ3v) is 12.5. The third-order valence-electron chi connectivity index (χ3n) is 11.5. The van der Waals surface area contributed by atoms with E-state index in [0.717, 1.165) is 29.7 Å². The van der Waals surface area contributed by atoms with Crippen molar-refractivity contribution in [2.75, 3.05) is 12.3 Å². The lowest BCUT2D eigenvalue weighted by atomic mass is 9.32. The lowest BCUT2D eigenvalue weighted by Crippen LogP contribution is -2.71. The molecule has 4 aliphatic rings. The molecule has 9 atom stereocenters. The molecule has 1 aromatic carbocycles. The number of halogens is 2. The summed E-state index contributed by atoms with van der Waals surface area (Å²) >= 11 is 1.36. The number of carbonyl (C=O) groups is 2. The van der Waals surface area contributed by atoms with Crippen molar-refractivity contribution in [1.82, 2.24) is 5.32 Å². The molecule has 4 unspecified atom stereocenters. The summed E-state index contributed by atoms with van der Waals surface area (Å²) in [7, 11) is 0. The Kier molecular flexibility index (Phi) is 7.80. The van der Waals surface area contributed by atoms with Gasteiger partial charge < -0.3 is 15.2 Å². The molecule has 5 nitrogen and oxygen atoms in total. The van der Waals surface area contributed by atoms with Gasteiger partial charge in [0, 0.05) is 34.1 Å². The van der Waals surface area contributed by atoms with Crippen LogP contribution in [-0.4, -0.2) is 47.8 Å². The number of aliphatic hydroxyl groups excluding tert-OH is 1. The lowest BCUT2D eigenvalue weighted by molar-refractivity contribution is -0.257. The van der Waals surface area contributed by atoms with E-state index < -0.39 is 24.0 Å². The number of hydrogen-bond donors (Lipinski definition) is 2. The second-order valence-corrected chi connectivity index (χ2v) is 14.5. The van der Waals surface area contributed by atoms with Gasteiger partial charge in [0.2, 0.25) is 0 Å². The van der Waals surface area contributed by atoms with Crippen LogP contribution in [-0.2, 0) is 20.9 Å². The van der Waals surface area contributed by atoms with Gasteiger partial charge in [-0.05, 0) is 66.5 Å². The number of thioether (sulfide) groups is 1. The van der Waals surface area contributed by atoms with Gasteiger partial charge in [0.15, 0.2) is 0 Å². The van der Waals surface area contributed by atoms with Crippen LogP contribution in [0, 0.1) is 39.4 Å². The normalized spacial score (nSPS) is 42.0. The van der Waals surface area contributed by atoms with Crippen molar-refractivity contribution < 1.29 is 28.2 Å². The topological polar surface area (TPSA) is 75.6 Å². The van der Waals surface area contributed by atoms with Crippen LogP contribution >= 0.6 is 11.8 Å². The summed E-state index contributed by atoms with van der Waals surface area (Å²) in [5.41, 5.74) is -0.658. The molecule has 2 bridgehead atoms. The van der Waals surface area contributed by atoms with Gasteiger partial charge >= 0.3 is 5.97 Å². The van der Waals surface area contributed by atoms with Gasteiger partial charge in [-0.2, -0.15) is 0 Å². The average molecular weight is 576 g/mol. The molecule has 0 aromatic heterocycles. The van der Waals surface area contributed by atoms with Crippen molar-refractivity contribution in [1.29, 1.82) is 0 Å². The minimum atomic E-state index is -2.40. The van der Waals surface area contributed by atoms with E-state index in [0.29, 0.717) is 25.2 Å². The summed E-state index contributed by atoms with van der Waals surface area (Å²) < 4.78 is 31.3. The molecule has 1 aromatic rings. The van der Waals surface area contributed by atoms with Crippen LogP contribution in [0.3, 0.4) is 0 Å². The SMILES string of the molecule is C=C[C@]1(C)C[C@@H](OC(=O)CSc2cccc(CNCC(F)F)c2)[C@]2(C)C(C)CC34CC(CCC3=O)(C42)[C@@H](C)[C@@H]1O. The summed E-state index contributed by atoms with van der Waals surface area (Å²) in [6, 6.07) is 7.51. The number of ether oxygens (including phenoxy) is 1. The zero-order valence-electron chi connectivity index (χ0n) is 24.1. The molecule has 8 heteroatoms. The zero-order valence-corrected chi connectivity index (χ0v) is 24.9. The number of aliphatic hydroxyl groups is 1. The second-order valence-electron chi connectivity index (χ2n) is 13.5. The highest BCUT2D eigenvalue weighted by atomic mass is 32.2. The quantitative estimate of drug-likeness (QED) is 0.213. The van der Waals surface area contributed by atoms with E-state index >= 15 is 0 Å². The first-order chi connectivity index (χ1) is 18.8. The van der Waals surface area contributed by atoms with Gasteiger partial charge in [0.1, 0.15) is 11.9 Å². The predicted molar refractivity (Wildman–Crippen MR) is 152 cm³/mol. The fourth-order valence-corrected chi connectivity index (χ4v) is 10.2. The van der Waals surface area contributed by atoms with Crippen LogP contribution in [0.25, 0.3) is 0 Å². The summed E-state index contributed by atoms with van der Waals surface area (Å²) in [5.74, 6) is 0.433. The Morgan fingerprint density at radius 1 is 1.30 bits per heavy atom. The Labute approximate surface area is 240 Å². The van der Waals surface area contributed by atoms with Crippen molar-refractivity contribution in [2.45, 2.75) is 89.9 Å². The number of ketones is 1. The van der Waals surface area contributed by atoms with Gasteiger partial charge in [-0.15, -0.1) is 18.3 Å². The fourth-order valence-electron chi connectivity index (χ4n) is 9.43. The number of hydrogen-bond acceptors (Lipinski definition) is 6. The molecule has 2 spiro atoms. The second kappa shape index (κ2) is 10.5. The number of benzene rings is 1. The molecular formula is C32H43F2NO4S. The van der Waals surface area contributed by atoms with Gasteiger partial charge in [0.25, 0.3) is 6.43 Å². The van der Waals surface area contributed by atoms with Crippen LogP contribution in [0.15, 0.2) is 41.8 Å². The molecular weight excluding hydrogens is 532 g/mol. The van der Waals surface area contributed by atoms with Crippen LogP contribution in [0.5, 0.6) is 0 Å². The molecule has 0 saturated heterocycles. The van der Waals surface area contributed by atoms with E-state index in [1.807, 2.05) is 37.3 Å². The van der Waals surface area contributed by atoms with Crippen molar-refractivity contribution >= 4 is 23.5 Å². The molecule has 2 N–H and O–H groups in total. The summed E-state index contributed by atoms with van der Waals surface area (Å²) in [5, 5.41) is 14.4. The van der Waals surface area contributed by atoms with Crippen molar-refractivity contribution in [3.8, 4) is 0 Å². The number of carbonyl (C=O) groups excluding carboxylic acids is 2. The summed E-state index contributed by atoms with van der Waals surface area (Å²) in [6.07, 6.45) is 1.78. The maximum atomic E-state index is 13.4. The lowest BCUT2D eigenvalue weighted by Gasteiger charge is -2.71. The first-order valence-electron chi connectivity index (χ1n) is 14.6.